The van der Waals surface area contributed by atoms with Crippen molar-refractivity contribution in [1.82, 2.24) is 5.32 Å². The third-order valence-corrected chi connectivity index (χ3v) is 4.26. The van der Waals surface area contributed by atoms with E-state index in [1.165, 1.54) is 11.1 Å². The van der Waals surface area contributed by atoms with Crippen LogP contribution in [0.25, 0.3) is 0 Å². The van der Waals surface area contributed by atoms with Crippen molar-refractivity contribution in [3.05, 3.63) is 52.2 Å². The van der Waals surface area contributed by atoms with Crippen LogP contribution < -0.4 is 10.1 Å². The van der Waals surface area contributed by atoms with Gasteiger partial charge >= 0.3 is 0 Å². The predicted octanol–water partition coefficient (Wildman–Crippen LogP) is 3.27. The average Bonchev–Trinajstić information content (AvgIpc) is 3.04. The number of ether oxygens (including phenoxy) is 1. The molecular formula is C16H19NOS. The smallest absolute Gasteiger partial charge is 0.123 e. The lowest BCUT2D eigenvalue weighted by molar-refractivity contribution is 0.222. The van der Waals surface area contributed by atoms with Crippen LogP contribution in [0, 0.1) is 0 Å². The highest BCUT2D eigenvalue weighted by Gasteiger charge is 2.22. The van der Waals surface area contributed by atoms with Crippen molar-refractivity contribution in [3.63, 3.8) is 0 Å². The van der Waals surface area contributed by atoms with Crippen LogP contribution in [-0.2, 0) is 12.8 Å². The van der Waals surface area contributed by atoms with Gasteiger partial charge in [-0.15, -0.1) is 0 Å². The average molecular weight is 273 g/mol. The second-order valence-corrected chi connectivity index (χ2v) is 5.98. The summed E-state index contributed by atoms with van der Waals surface area (Å²) >= 11 is 1.76. The molecule has 0 saturated carbocycles. The number of hydrogen-bond acceptors (Lipinski definition) is 3. The fourth-order valence-corrected chi connectivity index (χ4v) is 3.22. The number of benzene rings is 1. The van der Waals surface area contributed by atoms with Gasteiger partial charge < -0.3 is 10.1 Å². The Morgan fingerprint density at radius 2 is 2.26 bits per heavy atom. The minimum absolute atomic E-state index is 0.280. The van der Waals surface area contributed by atoms with E-state index in [1.54, 1.807) is 11.3 Å². The Morgan fingerprint density at radius 3 is 3.05 bits per heavy atom. The number of thiophene rings is 1. The van der Waals surface area contributed by atoms with Crippen molar-refractivity contribution in [1.29, 1.82) is 0 Å². The highest BCUT2D eigenvalue weighted by atomic mass is 32.1. The van der Waals surface area contributed by atoms with E-state index < -0.39 is 0 Å². The summed E-state index contributed by atoms with van der Waals surface area (Å²) in [6.07, 6.45) is 2.39. The molecule has 1 aromatic heterocycles. The Hall–Kier alpha value is -1.32. The van der Waals surface area contributed by atoms with Crippen LogP contribution in [-0.4, -0.2) is 18.7 Å². The predicted molar refractivity (Wildman–Crippen MR) is 80.0 cm³/mol. The van der Waals surface area contributed by atoms with Crippen LogP contribution in [0.2, 0.25) is 0 Å². The maximum absolute atomic E-state index is 5.93. The zero-order chi connectivity index (χ0) is 13.1. The minimum Gasteiger partial charge on any atom is -0.488 e. The fraction of sp³-hybridized carbons (Fsp3) is 0.375. The molecule has 0 fully saturated rings. The molecule has 3 heteroatoms. The Morgan fingerprint density at radius 1 is 1.37 bits per heavy atom. The van der Waals surface area contributed by atoms with E-state index in [0.29, 0.717) is 6.04 Å². The maximum atomic E-state index is 5.93. The second kappa shape index (κ2) is 5.76. The Balaban J connectivity index is 1.46. The van der Waals surface area contributed by atoms with E-state index in [4.69, 9.17) is 4.74 Å². The molecule has 3 rings (SSSR count). The first kappa shape index (κ1) is 12.7. The number of rotatable bonds is 5. The minimum atomic E-state index is 0.280. The Labute approximate surface area is 118 Å². The third-order valence-electron chi connectivity index (χ3n) is 3.53. The molecule has 0 saturated heterocycles. The molecule has 0 aliphatic carbocycles. The molecular weight excluding hydrogens is 254 g/mol. The molecule has 2 nitrogen and oxygen atoms in total. The summed E-state index contributed by atoms with van der Waals surface area (Å²) in [5, 5.41) is 7.94. The Kier molecular flexibility index (Phi) is 3.85. The highest BCUT2D eigenvalue weighted by Crippen LogP contribution is 2.27. The van der Waals surface area contributed by atoms with Crippen LogP contribution in [0.3, 0.4) is 0 Å². The molecule has 19 heavy (non-hydrogen) atoms. The second-order valence-electron chi connectivity index (χ2n) is 5.20. The van der Waals surface area contributed by atoms with Gasteiger partial charge in [-0.3, -0.25) is 0 Å². The summed E-state index contributed by atoms with van der Waals surface area (Å²) in [6, 6.07) is 11.0. The van der Waals surface area contributed by atoms with Gasteiger partial charge in [0.15, 0.2) is 0 Å². The molecule has 0 spiro atoms. The number of fused-ring (bicyclic) bond motifs is 1. The standard InChI is InChI=1S/C16H19NOS/c1-12(8-13-6-7-19-11-13)17-10-15-9-14-4-2-3-5-16(14)18-15/h2-7,11-12,15,17H,8-10H2,1H3. The molecule has 2 heterocycles. The molecule has 2 aromatic rings. The largest absolute Gasteiger partial charge is 0.488 e. The first-order valence-corrected chi connectivity index (χ1v) is 7.74. The molecule has 2 unspecified atom stereocenters. The van der Waals surface area contributed by atoms with Gasteiger partial charge in [0.1, 0.15) is 11.9 Å². The van der Waals surface area contributed by atoms with Gasteiger partial charge in [-0.1, -0.05) is 18.2 Å². The normalized spacial score (nSPS) is 18.9. The summed E-state index contributed by atoms with van der Waals surface area (Å²) in [5.41, 5.74) is 2.75. The first-order valence-electron chi connectivity index (χ1n) is 6.80. The molecule has 1 aromatic carbocycles. The van der Waals surface area contributed by atoms with Gasteiger partial charge in [-0.05, 0) is 47.4 Å². The van der Waals surface area contributed by atoms with Crippen LogP contribution in [0.1, 0.15) is 18.1 Å². The summed E-state index contributed by atoms with van der Waals surface area (Å²) in [4.78, 5) is 0. The molecule has 2 atom stereocenters. The van der Waals surface area contributed by atoms with E-state index in [2.05, 4.69) is 47.3 Å². The van der Waals surface area contributed by atoms with E-state index in [9.17, 15) is 0 Å². The lowest BCUT2D eigenvalue weighted by Crippen LogP contribution is -2.36. The van der Waals surface area contributed by atoms with Crippen LogP contribution in [0.5, 0.6) is 5.75 Å². The third kappa shape index (κ3) is 3.17. The van der Waals surface area contributed by atoms with Gasteiger partial charge in [0, 0.05) is 19.0 Å². The molecule has 100 valence electrons. The lowest BCUT2D eigenvalue weighted by Gasteiger charge is -2.17. The Bertz CT molecular complexity index is 498. The molecule has 1 aliphatic rings. The van der Waals surface area contributed by atoms with Crippen molar-refractivity contribution in [2.45, 2.75) is 31.9 Å². The van der Waals surface area contributed by atoms with E-state index >= 15 is 0 Å². The first-order chi connectivity index (χ1) is 9.31. The summed E-state index contributed by atoms with van der Waals surface area (Å²) in [7, 11) is 0. The lowest BCUT2D eigenvalue weighted by atomic mass is 10.1. The number of para-hydroxylation sites is 1. The van der Waals surface area contributed by atoms with Crippen LogP contribution in [0.4, 0.5) is 0 Å². The number of nitrogens with one attached hydrogen (secondary N) is 1. The molecule has 1 N–H and O–H groups in total. The number of hydrogen-bond donors (Lipinski definition) is 1. The van der Waals surface area contributed by atoms with Gasteiger partial charge in [0.05, 0.1) is 0 Å². The molecule has 0 bridgehead atoms. The monoisotopic (exact) mass is 273 g/mol. The van der Waals surface area contributed by atoms with Gasteiger partial charge in [0.25, 0.3) is 0 Å². The van der Waals surface area contributed by atoms with Gasteiger partial charge in [0.2, 0.25) is 0 Å². The van der Waals surface area contributed by atoms with Crippen molar-refractivity contribution < 1.29 is 4.74 Å². The van der Waals surface area contributed by atoms with Crippen molar-refractivity contribution in [2.75, 3.05) is 6.54 Å². The quantitative estimate of drug-likeness (QED) is 0.902. The van der Waals surface area contributed by atoms with E-state index in [-0.39, 0.29) is 6.10 Å². The van der Waals surface area contributed by atoms with Crippen molar-refractivity contribution in [3.8, 4) is 5.75 Å². The molecule has 0 radical (unpaired) electrons. The van der Waals surface area contributed by atoms with Gasteiger partial charge in [-0.2, -0.15) is 11.3 Å². The van der Waals surface area contributed by atoms with Crippen LogP contribution >= 0.6 is 11.3 Å². The summed E-state index contributed by atoms with van der Waals surface area (Å²) < 4.78 is 5.93. The van der Waals surface area contributed by atoms with E-state index in [1.807, 2.05) is 6.07 Å². The highest BCUT2D eigenvalue weighted by molar-refractivity contribution is 7.07. The maximum Gasteiger partial charge on any atom is 0.123 e. The van der Waals surface area contributed by atoms with E-state index in [0.717, 1.165) is 25.1 Å². The van der Waals surface area contributed by atoms with Crippen molar-refractivity contribution >= 4 is 11.3 Å². The van der Waals surface area contributed by atoms with Crippen molar-refractivity contribution in [2.24, 2.45) is 0 Å². The SMILES string of the molecule is CC(Cc1ccsc1)NCC1Cc2ccccc2O1. The van der Waals surface area contributed by atoms with Gasteiger partial charge in [-0.25, -0.2) is 0 Å². The summed E-state index contributed by atoms with van der Waals surface area (Å²) in [5.74, 6) is 1.06. The summed E-state index contributed by atoms with van der Waals surface area (Å²) in [6.45, 7) is 3.15. The fourth-order valence-electron chi connectivity index (χ4n) is 2.53. The zero-order valence-corrected chi connectivity index (χ0v) is 12.0. The topological polar surface area (TPSA) is 21.3 Å². The molecule has 0 amide bonds. The molecule has 1 aliphatic heterocycles. The van der Waals surface area contributed by atoms with Crippen LogP contribution in [0.15, 0.2) is 41.1 Å². The zero-order valence-electron chi connectivity index (χ0n) is 11.1.